The van der Waals surface area contributed by atoms with Crippen molar-refractivity contribution in [1.82, 2.24) is 0 Å². The molecule has 1 radical (unpaired) electrons. The van der Waals surface area contributed by atoms with Gasteiger partial charge in [0, 0.05) is 17.1 Å². The Labute approximate surface area is 76.4 Å². The van der Waals surface area contributed by atoms with Gasteiger partial charge in [-0.3, -0.25) is 0 Å². The van der Waals surface area contributed by atoms with Crippen LogP contribution in [0.1, 0.15) is 13.8 Å². The molecule has 0 spiro atoms. The summed E-state index contributed by atoms with van der Waals surface area (Å²) in [5.74, 6) is 0.999. The van der Waals surface area contributed by atoms with Crippen molar-refractivity contribution in [2.45, 2.75) is 13.8 Å². The van der Waals surface area contributed by atoms with E-state index in [0.717, 1.165) is 5.75 Å². The van der Waals surface area contributed by atoms with Crippen molar-refractivity contribution < 1.29 is 21.8 Å². The maximum atomic E-state index is 4.98. The number of thioether (sulfide) groups is 1. The van der Waals surface area contributed by atoms with Gasteiger partial charge in [0.15, 0.2) is 0 Å². The van der Waals surface area contributed by atoms with E-state index in [9.17, 15) is 0 Å². The SMILES string of the molecule is CCOC(=S)SCC.[Cu]. The molecule has 0 saturated carbocycles. The predicted molar refractivity (Wildman–Crippen MR) is 42.4 cm³/mol. The zero-order valence-corrected chi connectivity index (χ0v) is 8.02. The quantitative estimate of drug-likeness (QED) is 0.514. The van der Waals surface area contributed by atoms with Crippen LogP contribution in [0.2, 0.25) is 0 Å². The van der Waals surface area contributed by atoms with E-state index in [1.54, 1.807) is 11.8 Å². The molecule has 0 N–H and O–H groups in total. The molecule has 0 rings (SSSR count). The summed E-state index contributed by atoms with van der Waals surface area (Å²) in [7, 11) is 0. The van der Waals surface area contributed by atoms with Crippen molar-refractivity contribution in [3.8, 4) is 0 Å². The third kappa shape index (κ3) is 8.76. The van der Waals surface area contributed by atoms with E-state index < -0.39 is 0 Å². The van der Waals surface area contributed by atoms with Crippen LogP contribution in [0.25, 0.3) is 0 Å². The third-order valence-corrected chi connectivity index (χ3v) is 1.64. The Kier molecular flexibility index (Phi) is 12.1. The molecule has 0 unspecified atom stereocenters. The topological polar surface area (TPSA) is 9.23 Å². The van der Waals surface area contributed by atoms with Gasteiger partial charge in [0.05, 0.1) is 6.61 Å². The van der Waals surface area contributed by atoms with Crippen molar-refractivity contribution >= 4 is 28.4 Å². The molecule has 0 aliphatic heterocycles. The molecule has 0 aliphatic carbocycles. The number of ether oxygens (including phenoxy) is 1. The maximum Gasteiger partial charge on any atom is 0.219 e. The van der Waals surface area contributed by atoms with Crippen LogP contribution in [-0.4, -0.2) is 16.7 Å². The van der Waals surface area contributed by atoms with Gasteiger partial charge in [-0.1, -0.05) is 18.7 Å². The van der Waals surface area contributed by atoms with Crippen LogP contribution in [0.15, 0.2) is 0 Å². The van der Waals surface area contributed by atoms with E-state index in [-0.39, 0.29) is 17.1 Å². The van der Waals surface area contributed by atoms with Crippen LogP contribution in [-0.2, 0) is 21.8 Å². The average Bonchev–Trinajstić information content (AvgIpc) is 1.68. The fraction of sp³-hybridized carbons (Fsp3) is 0.800. The summed E-state index contributed by atoms with van der Waals surface area (Å²) in [4.78, 5) is 0. The molecule has 0 bridgehead atoms. The Morgan fingerprint density at radius 1 is 1.56 bits per heavy atom. The van der Waals surface area contributed by atoms with E-state index in [0.29, 0.717) is 11.0 Å². The third-order valence-electron chi connectivity index (χ3n) is 0.524. The normalized spacial score (nSPS) is 7.78. The van der Waals surface area contributed by atoms with E-state index in [4.69, 9.17) is 17.0 Å². The Balaban J connectivity index is 0. The number of rotatable bonds is 2. The van der Waals surface area contributed by atoms with Crippen molar-refractivity contribution in [2.24, 2.45) is 0 Å². The molecule has 0 saturated heterocycles. The fourth-order valence-corrected chi connectivity index (χ4v) is 1.19. The first kappa shape index (κ1) is 12.4. The van der Waals surface area contributed by atoms with E-state index >= 15 is 0 Å². The summed E-state index contributed by atoms with van der Waals surface area (Å²) in [5, 5.41) is 0. The van der Waals surface area contributed by atoms with Gasteiger partial charge in [-0.2, -0.15) is 0 Å². The predicted octanol–water partition coefficient (Wildman–Crippen LogP) is 2.06. The molecule has 0 heterocycles. The van der Waals surface area contributed by atoms with Crippen LogP contribution in [0.3, 0.4) is 0 Å². The minimum absolute atomic E-state index is 0. The number of hydrogen-bond acceptors (Lipinski definition) is 3. The van der Waals surface area contributed by atoms with Gasteiger partial charge in [-0.25, -0.2) is 0 Å². The van der Waals surface area contributed by atoms with Gasteiger partial charge < -0.3 is 4.74 Å². The smallest absolute Gasteiger partial charge is 0.219 e. The molecular weight excluding hydrogens is 204 g/mol. The Morgan fingerprint density at radius 3 is 2.44 bits per heavy atom. The summed E-state index contributed by atoms with van der Waals surface area (Å²) in [6.45, 7) is 4.67. The van der Waals surface area contributed by atoms with E-state index in [1.807, 2.05) is 6.92 Å². The molecule has 0 atom stereocenters. The largest absolute Gasteiger partial charge is 0.479 e. The zero-order valence-electron chi connectivity index (χ0n) is 5.44. The molecule has 0 aromatic carbocycles. The standard InChI is InChI=1S/C5H10OS2.Cu/c1-3-6-5(7)8-4-2;/h3-4H2,1-2H3;. The van der Waals surface area contributed by atoms with Crippen molar-refractivity contribution in [1.29, 1.82) is 0 Å². The molecule has 1 nitrogen and oxygen atoms in total. The molecule has 0 aromatic rings. The first-order valence-electron chi connectivity index (χ1n) is 2.60. The molecule has 4 heteroatoms. The number of hydrogen-bond donors (Lipinski definition) is 0. The van der Waals surface area contributed by atoms with Gasteiger partial charge in [0.25, 0.3) is 0 Å². The van der Waals surface area contributed by atoms with Gasteiger partial charge >= 0.3 is 0 Å². The summed E-state index contributed by atoms with van der Waals surface area (Å²) in [6, 6.07) is 0. The Hall–Kier alpha value is 0.759. The fourth-order valence-electron chi connectivity index (χ4n) is 0.277. The summed E-state index contributed by atoms with van der Waals surface area (Å²) < 4.78 is 5.64. The summed E-state index contributed by atoms with van der Waals surface area (Å²) in [5.41, 5.74) is 0. The second-order valence-electron chi connectivity index (χ2n) is 1.12. The van der Waals surface area contributed by atoms with Gasteiger partial charge in [0.2, 0.25) is 4.38 Å². The second kappa shape index (κ2) is 8.76. The minimum atomic E-state index is 0. The van der Waals surface area contributed by atoms with Gasteiger partial charge in [-0.15, -0.1) is 0 Å². The van der Waals surface area contributed by atoms with Crippen LogP contribution >= 0.6 is 24.0 Å². The molecule has 9 heavy (non-hydrogen) atoms. The second-order valence-corrected chi connectivity index (χ2v) is 2.98. The average molecular weight is 214 g/mol. The van der Waals surface area contributed by atoms with Crippen molar-refractivity contribution in [3.05, 3.63) is 0 Å². The molecule has 0 fully saturated rings. The van der Waals surface area contributed by atoms with Gasteiger partial charge in [-0.05, 0) is 24.9 Å². The monoisotopic (exact) mass is 213 g/mol. The van der Waals surface area contributed by atoms with Crippen LogP contribution in [0.4, 0.5) is 0 Å². The molecule has 0 aliphatic rings. The first-order chi connectivity index (χ1) is 3.81. The van der Waals surface area contributed by atoms with Crippen molar-refractivity contribution in [3.63, 3.8) is 0 Å². The maximum absolute atomic E-state index is 4.98. The molecule has 0 amide bonds. The molecule has 59 valence electrons. The minimum Gasteiger partial charge on any atom is -0.479 e. The summed E-state index contributed by atoms with van der Waals surface area (Å²) >= 11 is 6.36. The van der Waals surface area contributed by atoms with Crippen LogP contribution in [0, 0.1) is 0 Å². The van der Waals surface area contributed by atoms with E-state index in [1.165, 1.54) is 0 Å². The number of thiocarbonyl (C=S) groups is 1. The van der Waals surface area contributed by atoms with E-state index in [2.05, 4.69) is 6.92 Å². The molecular formula is C5H10CuOS2. The Bertz CT molecular complexity index is 69.4. The van der Waals surface area contributed by atoms with Crippen LogP contribution < -0.4 is 0 Å². The molecule has 0 aromatic heterocycles. The van der Waals surface area contributed by atoms with Crippen molar-refractivity contribution in [2.75, 3.05) is 12.4 Å². The first-order valence-corrected chi connectivity index (χ1v) is 4.00. The zero-order chi connectivity index (χ0) is 6.41. The van der Waals surface area contributed by atoms with Crippen LogP contribution in [0.5, 0.6) is 0 Å². The summed E-state index contributed by atoms with van der Waals surface area (Å²) in [6.07, 6.45) is 0. The Morgan fingerprint density at radius 2 is 2.11 bits per heavy atom. The van der Waals surface area contributed by atoms with Gasteiger partial charge in [0.1, 0.15) is 0 Å².